The second-order valence-electron chi connectivity index (χ2n) is 4.00. The van der Waals surface area contributed by atoms with Crippen molar-refractivity contribution in [3.8, 4) is 12.1 Å². The van der Waals surface area contributed by atoms with E-state index in [1.54, 1.807) is 19.9 Å². The summed E-state index contributed by atoms with van der Waals surface area (Å²) in [4.78, 5) is 10.7. The zero-order valence-electron chi connectivity index (χ0n) is 12.2. The number of rotatable bonds is 3. The molecule has 0 heterocycles. The van der Waals surface area contributed by atoms with Crippen LogP contribution in [0.15, 0.2) is 37.0 Å². The van der Waals surface area contributed by atoms with Crippen LogP contribution in [0.4, 0.5) is 0 Å². The van der Waals surface area contributed by atoms with E-state index < -0.39 is 0 Å². The second kappa shape index (κ2) is 15.7. The lowest BCUT2D eigenvalue weighted by atomic mass is 10.2. The fourth-order valence-electron chi connectivity index (χ4n) is 0.366. The molecule has 104 valence electrons. The maximum Gasteiger partial charge on any atom is 0.333 e. The quantitative estimate of drug-likeness (QED) is 0.443. The molecule has 0 atom stereocenters. The van der Waals surface area contributed by atoms with Crippen LogP contribution in [0, 0.1) is 28.6 Å². The summed E-state index contributed by atoms with van der Waals surface area (Å²) in [7, 11) is 0. The Labute approximate surface area is 116 Å². The minimum atomic E-state index is -0.297. The number of nitriles is 2. The topological polar surface area (TPSA) is 73.9 Å². The molecule has 0 saturated heterocycles. The van der Waals surface area contributed by atoms with E-state index in [9.17, 15) is 4.79 Å². The van der Waals surface area contributed by atoms with Crippen LogP contribution in [-0.4, -0.2) is 12.6 Å². The summed E-state index contributed by atoms with van der Waals surface area (Å²) in [6.07, 6.45) is 1.18. The van der Waals surface area contributed by atoms with Crippen LogP contribution in [-0.2, 0) is 9.53 Å². The number of hydrogen-bond acceptors (Lipinski definition) is 4. The molecule has 0 radical (unpaired) electrons. The molecule has 0 amide bonds. The normalized spacial score (nSPS) is 7.32. The van der Waals surface area contributed by atoms with Crippen LogP contribution in [0.1, 0.15) is 27.7 Å². The molecule has 4 nitrogen and oxygen atoms in total. The highest BCUT2D eigenvalue weighted by Gasteiger charge is 2.03. The van der Waals surface area contributed by atoms with Crippen molar-refractivity contribution < 1.29 is 9.53 Å². The molecule has 0 fully saturated rings. The van der Waals surface area contributed by atoms with E-state index in [1.807, 2.05) is 19.9 Å². The third-order valence-electron chi connectivity index (χ3n) is 1.18. The van der Waals surface area contributed by atoms with Gasteiger partial charge in [0.15, 0.2) is 0 Å². The van der Waals surface area contributed by atoms with Gasteiger partial charge in [-0.3, -0.25) is 0 Å². The van der Waals surface area contributed by atoms with E-state index in [2.05, 4.69) is 19.7 Å². The molecule has 19 heavy (non-hydrogen) atoms. The molecule has 0 rings (SSSR count). The highest BCUT2D eigenvalue weighted by Crippen LogP contribution is 1.97. The summed E-state index contributed by atoms with van der Waals surface area (Å²) < 4.78 is 4.83. The predicted octanol–water partition coefficient (Wildman–Crippen LogP) is 3.54. The zero-order chi connectivity index (χ0) is 15.8. The number of carbonyl (C=O) groups excluding carboxylic acids is 1. The lowest BCUT2D eigenvalue weighted by Crippen LogP contribution is -2.09. The third-order valence-corrected chi connectivity index (χ3v) is 1.18. The van der Waals surface area contributed by atoms with Crippen molar-refractivity contribution >= 4 is 5.97 Å². The van der Waals surface area contributed by atoms with Gasteiger partial charge in [-0.2, -0.15) is 10.5 Å². The molecule has 4 heteroatoms. The van der Waals surface area contributed by atoms with Crippen LogP contribution in [0.2, 0.25) is 0 Å². The summed E-state index contributed by atoms with van der Waals surface area (Å²) in [5, 5.41) is 15.3. The Morgan fingerprint density at radius 2 is 1.68 bits per heavy atom. The van der Waals surface area contributed by atoms with Gasteiger partial charge < -0.3 is 4.74 Å². The van der Waals surface area contributed by atoms with Crippen molar-refractivity contribution in [1.29, 1.82) is 10.5 Å². The Bertz CT molecular complexity index is 382. The van der Waals surface area contributed by atoms with Crippen molar-refractivity contribution in [3.63, 3.8) is 0 Å². The molecular weight excluding hydrogens is 240 g/mol. The van der Waals surface area contributed by atoms with E-state index in [4.69, 9.17) is 15.3 Å². The van der Waals surface area contributed by atoms with Gasteiger partial charge >= 0.3 is 5.97 Å². The fraction of sp³-hybridized carbons (Fsp3) is 0.400. The molecule has 0 bridgehead atoms. The van der Waals surface area contributed by atoms with E-state index in [0.29, 0.717) is 23.7 Å². The SMILES string of the molecule is C=C(C)C#N.C=C(C)C(=O)OCC(C)C.C=CC#N. The standard InChI is InChI=1S/C8H14O2.C4H5N.C3H3N/c1-6(2)5-10-8(9)7(3)4;1-4(2)3-5;1-2-3-4/h6H,3,5H2,1-2,4H3;1H2,2H3;2H,1H2. The summed E-state index contributed by atoms with van der Waals surface area (Å²) in [6.45, 7) is 17.7. The minimum Gasteiger partial charge on any atom is -0.462 e. The molecule has 0 aliphatic heterocycles. The van der Waals surface area contributed by atoms with Gasteiger partial charge in [-0.25, -0.2) is 4.79 Å². The largest absolute Gasteiger partial charge is 0.462 e. The highest BCUT2D eigenvalue weighted by atomic mass is 16.5. The average molecular weight is 262 g/mol. The number of esters is 1. The molecule has 0 saturated carbocycles. The molecular formula is C15H22N2O2. The van der Waals surface area contributed by atoms with E-state index in [-0.39, 0.29) is 5.97 Å². The van der Waals surface area contributed by atoms with Gasteiger partial charge in [0.1, 0.15) is 0 Å². The van der Waals surface area contributed by atoms with Gasteiger partial charge in [0.05, 0.1) is 18.7 Å². The predicted molar refractivity (Wildman–Crippen MR) is 76.8 cm³/mol. The molecule has 0 aliphatic carbocycles. The maximum atomic E-state index is 10.7. The Hall–Kier alpha value is -2.33. The smallest absolute Gasteiger partial charge is 0.333 e. The van der Waals surface area contributed by atoms with Gasteiger partial charge in [0.2, 0.25) is 0 Å². The van der Waals surface area contributed by atoms with E-state index in [0.717, 1.165) is 0 Å². The number of allylic oxidation sites excluding steroid dienone is 2. The summed E-state index contributed by atoms with van der Waals surface area (Å²) >= 11 is 0. The van der Waals surface area contributed by atoms with Crippen molar-refractivity contribution in [2.75, 3.05) is 6.61 Å². The maximum absolute atomic E-state index is 10.7. The summed E-state index contributed by atoms with van der Waals surface area (Å²) in [5.74, 6) is 0.0944. The van der Waals surface area contributed by atoms with Crippen molar-refractivity contribution in [3.05, 3.63) is 37.0 Å². The Morgan fingerprint density at radius 3 is 1.84 bits per heavy atom. The number of carbonyl (C=O) groups is 1. The van der Waals surface area contributed by atoms with E-state index >= 15 is 0 Å². The molecule has 0 aromatic rings. The monoisotopic (exact) mass is 262 g/mol. The summed E-state index contributed by atoms with van der Waals surface area (Å²) in [6, 6.07) is 3.53. The van der Waals surface area contributed by atoms with Gasteiger partial charge in [-0.15, -0.1) is 0 Å². The first-order valence-corrected chi connectivity index (χ1v) is 5.61. The van der Waals surface area contributed by atoms with Crippen LogP contribution in [0.25, 0.3) is 0 Å². The number of nitrogens with zero attached hydrogens (tertiary/aromatic N) is 2. The lowest BCUT2D eigenvalue weighted by Gasteiger charge is -2.05. The average Bonchev–Trinajstić information content (AvgIpc) is 2.36. The minimum absolute atomic E-state index is 0.297. The number of ether oxygens (including phenoxy) is 1. The van der Waals surface area contributed by atoms with E-state index in [1.165, 1.54) is 6.08 Å². The zero-order valence-corrected chi connectivity index (χ0v) is 12.2. The van der Waals surface area contributed by atoms with Crippen LogP contribution >= 0.6 is 0 Å². The van der Waals surface area contributed by atoms with Gasteiger partial charge in [0, 0.05) is 17.2 Å². The first-order chi connectivity index (χ1) is 8.72. The van der Waals surface area contributed by atoms with Crippen molar-refractivity contribution in [2.24, 2.45) is 5.92 Å². The number of hydrogen-bond donors (Lipinski definition) is 0. The molecule has 0 unspecified atom stereocenters. The molecule has 0 aromatic carbocycles. The molecule has 0 spiro atoms. The Morgan fingerprint density at radius 1 is 1.32 bits per heavy atom. The van der Waals surface area contributed by atoms with Crippen LogP contribution < -0.4 is 0 Å². The van der Waals surface area contributed by atoms with Gasteiger partial charge in [-0.05, 0) is 19.8 Å². The third kappa shape index (κ3) is 31.3. The van der Waals surface area contributed by atoms with Crippen molar-refractivity contribution in [2.45, 2.75) is 27.7 Å². The lowest BCUT2D eigenvalue weighted by molar-refractivity contribution is -0.139. The molecule has 0 aromatic heterocycles. The van der Waals surface area contributed by atoms with Gasteiger partial charge in [-0.1, -0.05) is 33.6 Å². The van der Waals surface area contributed by atoms with Crippen LogP contribution in [0.5, 0.6) is 0 Å². The second-order valence-corrected chi connectivity index (χ2v) is 4.00. The highest BCUT2D eigenvalue weighted by molar-refractivity contribution is 5.86. The molecule has 0 aliphatic rings. The van der Waals surface area contributed by atoms with Crippen molar-refractivity contribution in [1.82, 2.24) is 0 Å². The van der Waals surface area contributed by atoms with Gasteiger partial charge in [0.25, 0.3) is 0 Å². The Balaban J connectivity index is -0.000000238. The van der Waals surface area contributed by atoms with Crippen LogP contribution in [0.3, 0.4) is 0 Å². The fourth-order valence-corrected chi connectivity index (χ4v) is 0.366. The first-order valence-electron chi connectivity index (χ1n) is 5.61. The Kier molecular flexibility index (Phi) is 18.1. The first kappa shape index (κ1) is 21.9. The molecule has 0 N–H and O–H groups in total. The summed E-state index contributed by atoms with van der Waals surface area (Å²) in [5.41, 5.74) is 1.02.